The number of nitrogens with two attached hydrogens (primary N) is 1. The van der Waals surface area contributed by atoms with Crippen LogP contribution in [-0.4, -0.2) is 46.1 Å². The lowest BCUT2D eigenvalue weighted by atomic mass is 9.95. The van der Waals surface area contributed by atoms with Crippen molar-refractivity contribution in [2.45, 2.75) is 31.5 Å². The molecule has 2 aromatic heterocycles. The number of aliphatic hydroxyl groups is 1. The number of aliphatic hydroxyl groups excluding tert-OH is 1. The van der Waals surface area contributed by atoms with Crippen molar-refractivity contribution in [3.63, 3.8) is 0 Å². The zero-order valence-corrected chi connectivity index (χ0v) is 24.5. The number of likely N-dealkylation sites (tertiary alicyclic amines) is 1. The topological polar surface area (TPSA) is 105 Å². The van der Waals surface area contributed by atoms with Crippen molar-refractivity contribution < 1.29 is 31.9 Å². The molecule has 3 heterocycles. The number of amides is 1. The van der Waals surface area contributed by atoms with Crippen LogP contribution in [0.15, 0.2) is 89.5 Å². The third kappa shape index (κ3) is 6.95. The fourth-order valence-corrected chi connectivity index (χ4v) is 5.38. The van der Waals surface area contributed by atoms with Crippen LogP contribution in [-0.2, 0) is 6.54 Å². The summed E-state index contributed by atoms with van der Waals surface area (Å²) in [5.41, 5.74) is 9.03. The first-order chi connectivity index (χ1) is 22.0. The minimum Gasteiger partial charge on any atom is -0.459 e. The van der Waals surface area contributed by atoms with E-state index in [2.05, 4.69) is 10.3 Å². The molecule has 1 amide bonds. The summed E-state index contributed by atoms with van der Waals surface area (Å²) in [6, 6.07) is 18.8. The first-order valence-electron chi connectivity index (χ1n) is 14.7. The summed E-state index contributed by atoms with van der Waals surface area (Å²) in [6.45, 7) is 0.115. The number of nitrogens with zero attached hydrogens (tertiary/aromatic N) is 2. The maximum Gasteiger partial charge on any atom is 0.253 e. The van der Waals surface area contributed by atoms with Crippen molar-refractivity contribution in [2.24, 2.45) is 0 Å². The molecule has 0 saturated carbocycles. The molecule has 0 bridgehead atoms. The van der Waals surface area contributed by atoms with E-state index >= 15 is 4.39 Å². The van der Waals surface area contributed by atoms with Gasteiger partial charge in [-0.2, -0.15) is 0 Å². The largest absolute Gasteiger partial charge is 0.459 e. The van der Waals surface area contributed by atoms with Crippen LogP contribution in [0.5, 0.6) is 0 Å². The second-order valence-electron chi connectivity index (χ2n) is 11.2. The molecule has 1 aliphatic heterocycles. The van der Waals surface area contributed by atoms with Gasteiger partial charge in [0.25, 0.3) is 11.8 Å². The summed E-state index contributed by atoms with van der Waals surface area (Å²) >= 11 is 0. The Hall–Kier alpha value is -5.00. The lowest BCUT2D eigenvalue weighted by Crippen LogP contribution is -2.42. The van der Waals surface area contributed by atoms with Gasteiger partial charge in [0.1, 0.15) is 35.0 Å². The van der Waals surface area contributed by atoms with Crippen LogP contribution in [0.2, 0.25) is 0 Å². The molecule has 46 heavy (non-hydrogen) atoms. The van der Waals surface area contributed by atoms with Gasteiger partial charge in [0.2, 0.25) is 0 Å². The Morgan fingerprint density at radius 3 is 2.46 bits per heavy atom. The number of hydrogen-bond donors (Lipinski definition) is 3. The summed E-state index contributed by atoms with van der Waals surface area (Å²) in [6.07, 6.45) is 3.07. The average molecular weight is 631 g/mol. The van der Waals surface area contributed by atoms with E-state index in [9.17, 15) is 23.1 Å². The van der Waals surface area contributed by atoms with Crippen LogP contribution in [0.1, 0.15) is 34.5 Å². The molecule has 1 unspecified atom stereocenters. The molecule has 1 saturated heterocycles. The summed E-state index contributed by atoms with van der Waals surface area (Å²) in [5.74, 6) is -3.70. The van der Waals surface area contributed by atoms with Crippen LogP contribution >= 0.6 is 0 Å². The average Bonchev–Trinajstić information content (AvgIpc) is 3.46. The zero-order chi connectivity index (χ0) is 32.4. The third-order valence-corrected chi connectivity index (χ3v) is 7.90. The highest BCUT2D eigenvalue weighted by Crippen LogP contribution is 2.37. The number of piperidine rings is 1. The number of aromatic nitrogens is 1. The smallest absolute Gasteiger partial charge is 0.253 e. The number of benzene rings is 3. The van der Waals surface area contributed by atoms with Crippen LogP contribution in [0.3, 0.4) is 0 Å². The minimum atomic E-state index is -2.75. The Balaban J connectivity index is 1.26. The molecule has 5 aromatic rings. The van der Waals surface area contributed by atoms with Crippen molar-refractivity contribution in [3.8, 4) is 22.3 Å². The molecule has 4 N–H and O–H groups in total. The number of carbonyl (C=O) groups excluding carboxylic acids is 1. The molecule has 1 atom stereocenters. The van der Waals surface area contributed by atoms with Gasteiger partial charge in [-0.3, -0.25) is 10.1 Å². The summed E-state index contributed by atoms with van der Waals surface area (Å²) in [7, 11) is 0. The Kier molecular flexibility index (Phi) is 8.61. The van der Waals surface area contributed by atoms with E-state index in [1.165, 1.54) is 17.0 Å². The molecule has 1 aliphatic rings. The van der Waals surface area contributed by atoms with Crippen molar-refractivity contribution in [1.29, 1.82) is 0 Å². The van der Waals surface area contributed by atoms with Gasteiger partial charge in [0.15, 0.2) is 0 Å². The second-order valence-corrected chi connectivity index (χ2v) is 11.2. The molecule has 1 fully saturated rings. The van der Waals surface area contributed by atoms with Crippen LogP contribution < -0.4 is 11.1 Å². The lowest BCUT2D eigenvalue weighted by Gasteiger charge is -2.31. The number of carbonyl (C=O) groups is 1. The van der Waals surface area contributed by atoms with Crippen molar-refractivity contribution in [3.05, 3.63) is 114 Å². The maximum atomic E-state index is 15.0. The number of hydrogen-bond acceptors (Lipinski definition) is 6. The molecular formula is C35H30F4N4O3. The Bertz CT molecular complexity index is 1900. The molecule has 0 spiro atoms. The van der Waals surface area contributed by atoms with Gasteiger partial charge in [0, 0.05) is 60.3 Å². The van der Waals surface area contributed by atoms with Crippen molar-refractivity contribution in [1.82, 2.24) is 15.2 Å². The van der Waals surface area contributed by atoms with Gasteiger partial charge in [0.05, 0.1) is 6.54 Å². The Morgan fingerprint density at radius 1 is 1.00 bits per heavy atom. The molecule has 236 valence electrons. The molecule has 3 aromatic carbocycles. The van der Waals surface area contributed by atoms with Gasteiger partial charge in [-0.1, -0.05) is 18.2 Å². The molecule has 0 radical (unpaired) electrons. The number of alkyl halides is 2. The Morgan fingerprint density at radius 2 is 1.76 bits per heavy atom. The number of pyridine rings is 1. The first-order valence-corrected chi connectivity index (χ1v) is 14.7. The first kappa shape index (κ1) is 31.0. The summed E-state index contributed by atoms with van der Waals surface area (Å²) < 4.78 is 62.1. The van der Waals surface area contributed by atoms with E-state index in [0.29, 0.717) is 44.8 Å². The normalized spacial score (nSPS) is 15.5. The monoisotopic (exact) mass is 630 g/mol. The predicted molar refractivity (Wildman–Crippen MR) is 168 cm³/mol. The van der Waals surface area contributed by atoms with Gasteiger partial charge < -0.3 is 20.2 Å². The van der Waals surface area contributed by atoms with Crippen molar-refractivity contribution >= 4 is 28.8 Å². The molecule has 0 aliphatic carbocycles. The molecule has 7 nitrogen and oxygen atoms in total. The van der Waals surface area contributed by atoms with Crippen LogP contribution in [0, 0.1) is 11.6 Å². The van der Waals surface area contributed by atoms with Crippen LogP contribution in [0.25, 0.3) is 39.3 Å². The fourth-order valence-electron chi connectivity index (χ4n) is 5.38. The number of nitrogen functional groups attached to an aromatic ring is 1. The van der Waals surface area contributed by atoms with Gasteiger partial charge in [-0.15, -0.1) is 0 Å². The number of rotatable bonds is 8. The van der Waals surface area contributed by atoms with E-state index < -0.39 is 23.8 Å². The van der Waals surface area contributed by atoms with E-state index in [-0.39, 0.29) is 43.9 Å². The predicted octanol–water partition coefficient (Wildman–Crippen LogP) is 7.01. The fraction of sp³-hybridized carbons (Fsp3) is 0.200. The number of halogens is 4. The van der Waals surface area contributed by atoms with E-state index in [1.54, 1.807) is 66.9 Å². The summed E-state index contributed by atoms with van der Waals surface area (Å²) in [5, 5.41) is 14.0. The maximum absolute atomic E-state index is 15.0. The molecule has 6 rings (SSSR count). The standard InChI is InChI=1S/C35H30F4N4O3/c36-26-7-8-28(30(37)18-26)29-17-24(22-3-5-23(6-4-22)34(45)43-13-11-35(38,39)12-14-43)15-25-16-27(46-33(25)29)20-42-32(44)10-2-21-1-9-31(40)41-19-21/h1-10,15-19,32,42,44H,11-14,20H2,(H2,40,41)/b10-2+. The van der Waals surface area contributed by atoms with Gasteiger partial charge in [-0.25, -0.2) is 22.5 Å². The van der Waals surface area contributed by atoms with Gasteiger partial charge >= 0.3 is 0 Å². The van der Waals surface area contributed by atoms with Crippen molar-refractivity contribution in [2.75, 3.05) is 18.8 Å². The SMILES string of the molecule is Nc1ccc(/C=C/C(O)NCc2cc3cc(-c4ccc(C(=O)N5CCC(F)(F)CC5)cc4)cc(-c4ccc(F)cc4F)c3o2)cn1. The highest BCUT2D eigenvalue weighted by atomic mass is 19.3. The number of fused-ring (bicyclic) bond motifs is 1. The lowest BCUT2D eigenvalue weighted by molar-refractivity contribution is -0.0494. The molecular weight excluding hydrogens is 600 g/mol. The Labute approximate surface area is 262 Å². The van der Waals surface area contributed by atoms with E-state index in [0.717, 1.165) is 11.6 Å². The molecule has 11 heteroatoms. The van der Waals surface area contributed by atoms with E-state index in [4.69, 9.17) is 10.2 Å². The number of nitrogens with one attached hydrogen (secondary N) is 1. The van der Waals surface area contributed by atoms with Crippen LogP contribution in [0.4, 0.5) is 23.4 Å². The summed E-state index contributed by atoms with van der Waals surface area (Å²) in [4.78, 5) is 18.4. The number of anilines is 1. The highest BCUT2D eigenvalue weighted by molar-refractivity contribution is 5.98. The third-order valence-electron chi connectivity index (χ3n) is 7.90. The quantitative estimate of drug-likeness (QED) is 0.126. The number of furan rings is 1. The second kappa shape index (κ2) is 12.8. The highest BCUT2D eigenvalue weighted by Gasteiger charge is 2.35. The minimum absolute atomic E-state index is 0.0120. The van der Waals surface area contributed by atoms with E-state index in [1.807, 2.05) is 6.07 Å². The van der Waals surface area contributed by atoms with Gasteiger partial charge in [-0.05, 0) is 77.4 Å². The zero-order valence-electron chi connectivity index (χ0n) is 24.5.